The van der Waals surface area contributed by atoms with Gasteiger partial charge >= 0.3 is 0 Å². The van der Waals surface area contributed by atoms with Gasteiger partial charge < -0.3 is 9.47 Å². The summed E-state index contributed by atoms with van der Waals surface area (Å²) in [6.07, 6.45) is 8.63. The van der Waals surface area contributed by atoms with E-state index in [9.17, 15) is 5.26 Å². The molecule has 27 heavy (non-hydrogen) atoms. The van der Waals surface area contributed by atoms with Crippen molar-refractivity contribution >= 4 is 22.9 Å². The van der Waals surface area contributed by atoms with Crippen molar-refractivity contribution in [2.45, 2.75) is 25.3 Å². The van der Waals surface area contributed by atoms with Crippen LogP contribution in [0.25, 0.3) is 0 Å². The van der Waals surface area contributed by atoms with E-state index in [1.165, 1.54) is 22.4 Å². The second-order valence-corrected chi connectivity index (χ2v) is 7.60. The Hall–Kier alpha value is -2.97. The maximum absolute atomic E-state index is 9.33. The molecule has 1 atom stereocenters. The Morgan fingerprint density at radius 2 is 1.93 bits per heavy atom. The lowest BCUT2D eigenvalue weighted by Crippen LogP contribution is -2.31. The van der Waals surface area contributed by atoms with E-state index in [0.29, 0.717) is 5.56 Å². The first-order valence-electron chi connectivity index (χ1n) is 9.18. The van der Waals surface area contributed by atoms with Crippen LogP contribution >= 0.6 is 12.2 Å². The Morgan fingerprint density at radius 3 is 2.70 bits per heavy atom. The highest BCUT2D eigenvalue weighted by Gasteiger charge is 2.30. The second-order valence-electron chi connectivity index (χ2n) is 7.13. The Bertz CT molecular complexity index is 1080. The summed E-state index contributed by atoms with van der Waals surface area (Å²) in [5, 5.41) is 9.33. The van der Waals surface area contributed by atoms with Crippen LogP contribution < -0.4 is 4.90 Å². The van der Waals surface area contributed by atoms with Gasteiger partial charge in [0, 0.05) is 31.0 Å². The summed E-state index contributed by atoms with van der Waals surface area (Å²) in [7, 11) is 0. The van der Waals surface area contributed by atoms with Crippen LogP contribution in [-0.4, -0.2) is 21.1 Å². The fourth-order valence-electron chi connectivity index (χ4n) is 4.38. The average molecular weight is 370 g/mol. The van der Waals surface area contributed by atoms with E-state index in [2.05, 4.69) is 38.7 Å². The molecule has 4 nitrogen and oxygen atoms in total. The Morgan fingerprint density at radius 1 is 1.07 bits per heavy atom. The Kier molecular flexibility index (Phi) is 3.80. The predicted octanol–water partition coefficient (Wildman–Crippen LogP) is 4.03. The number of rotatable bonds is 3. The van der Waals surface area contributed by atoms with Gasteiger partial charge in [-0.15, -0.1) is 0 Å². The van der Waals surface area contributed by atoms with Crippen LogP contribution in [0.5, 0.6) is 0 Å². The molecule has 0 radical (unpaired) electrons. The normalized spacial score (nSPS) is 16.1. The molecular formula is C22H18N4S. The molecule has 0 N–H and O–H groups in total. The van der Waals surface area contributed by atoms with Crippen LogP contribution in [0, 0.1) is 11.3 Å². The first-order valence-corrected chi connectivity index (χ1v) is 9.59. The lowest BCUT2D eigenvalue weighted by molar-refractivity contribution is 0.675. The Balaban J connectivity index is 1.68. The summed E-state index contributed by atoms with van der Waals surface area (Å²) in [6, 6.07) is 14.8. The molecule has 0 bridgehead atoms. The quantitative estimate of drug-likeness (QED) is 0.653. The van der Waals surface area contributed by atoms with Crippen LogP contribution in [0.2, 0.25) is 0 Å². The molecule has 5 heteroatoms. The number of benzene rings is 2. The molecule has 132 valence electrons. The minimum atomic E-state index is 0.00489. The zero-order chi connectivity index (χ0) is 18.4. The number of imidazole rings is 1. The van der Waals surface area contributed by atoms with E-state index in [4.69, 9.17) is 12.2 Å². The lowest BCUT2D eigenvalue weighted by Gasteiger charge is -2.29. The molecule has 3 heterocycles. The van der Waals surface area contributed by atoms with Crippen molar-refractivity contribution in [2.24, 2.45) is 0 Å². The van der Waals surface area contributed by atoms with E-state index in [0.717, 1.165) is 36.4 Å². The number of anilines is 1. The molecule has 0 aliphatic carbocycles. The van der Waals surface area contributed by atoms with Gasteiger partial charge in [0.1, 0.15) is 0 Å². The molecule has 0 spiro atoms. The van der Waals surface area contributed by atoms with E-state index in [-0.39, 0.29) is 6.04 Å². The van der Waals surface area contributed by atoms with Crippen LogP contribution in [0.15, 0.2) is 55.1 Å². The minimum Gasteiger partial charge on any atom is -0.335 e. The SMILES string of the molecule is N#Cc1cccc(C(c2cc3c4c(c2)CCN4C(=S)CC3)n2ccnc2)c1. The predicted molar refractivity (Wildman–Crippen MR) is 109 cm³/mol. The summed E-state index contributed by atoms with van der Waals surface area (Å²) in [5.74, 6) is 0. The van der Waals surface area contributed by atoms with Gasteiger partial charge in [0.2, 0.25) is 0 Å². The molecule has 1 aromatic heterocycles. The van der Waals surface area contributed by atoms with Crippen molar-refractivity contribution < 1.29 is 0 Å². The largest absolute Gasteiger partial charge is 0.335 e. The van der Waals surface area contributed by atoms with Crippen molar-refractivity contribution in [3.63, 3.8) is 0 Å². The second kappa shape index (κ2) is 6.33. The van der Waals surface area contributed by atoms with Gasteiger partial charge in [-0.25, -0.2) is 4.98 Å². The van der Waals surface area contributed by atoms with Gasteiger partial charge in [0.25, 0.3) is 0 Å². The number of aromatic nitrogens is 2. The molecule has 5 rings (SSSR count). The molecule has 1 unspecified atom stereocenters. The van der Waals surface area contributed by atoms with Gasteiger partial charge in [0.05, 0.1) is 29.0 Å². The molecule has 3 aromatic rings. The standard InChI is InChI=1S/C22H18N4S/c23-13-15-2-1-3-16(10-15)21(25-9-7-24-14-25)19-11-17-4-5-20(27)26-8-6-18(12-19)22(17)26/h1-3,7,9-12,14,21H,4-6,8H2. The number of hydrogen-bond acceptors (Lipinski definition) is 3. The Labute approximate surface area is 163 Å². The van der Waals surface area contributed by atoms with Crippen LogP contribution in [0.3, 0.4) is 0 Å². The van der Waals surface area contributed by atoms with Gasteiger partial charge in [-0.1, -0.05) is 36.5 Å². The van der Waals surface area contributed by atoms with E-state index >= 15 is 0 Å². The van der Waals surface area contributed by atoms with Crippen molar-refractivity contribution in [1.82, 2.24) is 9.55 Å². The molecule has 2 aromatic carbocycles. The molecular weight excluding hydrogens is 352 g/mol. The number of nitrogens with zero attached hydrogens (tertiary/aromatic N) is 4. The first kappa shape index (κ1) is 16.2. The summed E-state index contributed by atoms with van der Waals surface area (Å²) in [5.41, 5.74) is 7.12. The monoisotopic (exact) mass is 370 g/mol. The van der Waals surface area contributed by atoms with E-state index < -0.39 is 0 Å². The first-order chi connectivity index (χ1) is 13.2. The highest BCUT2D eigenvalue weighted by molar-refractivity contribution is 7.80. The molecule has 0 saturated carbocycles. The zero-order valence-corrected chi connectivity index (χ0v) is 15.6. The summed E-state index contributed by atoms with van der Waals surface area (Å²) in [4.78, 5) is 7.64. The molecule has 0 amide bonds. The zero-order valence-electron chi connectivity index (χ0n) is 14.8. The third-order valence-corrected chi connectivity index (χ3v) is 5.97. The summed E-state index contributed by atoms with van der Waals surface area (Å²) in [6.45, 7) is 0.990. The van der Waals surface area contributed by atoms with Gasteiger partial charge in [0.15, 0.2) is 0 Å². The molecule has 0 fully saturated rings. The fraction of sp³-hybridized carbons (Fsp3) is 0.227. The van der Waals surface area contributed by atoms with E-state index in [1.807, 2.05) is 30.7 Å². The third-order valence-electron chi connectivity index (χ3n) is 5.54. The number of thiocarbonyl (C=S) groups is 1. The average Bonchev–Trinajstić information content (AvgIpc) is 3.36. The minimum absolute atomic E-state index is 0.00489. The molecule has 0 saturated heterocycles. The maximum Gasteiger partial charge on any atom is 0.0991 e. The lowest BCUT2D eigenvalue weighted by atomic mass is 9.90. The summed E-state index contributed by atoms with van der Waals surface area (Å²) >= 11 is 5.57. The van der Waals surface area contributed by atoms with Crippen LogP contribution in [0.4, 0.5) is 5.69 Å². The van der Waals surface area contributed by atoms with Crippen molar-refractivity contribution in [1.29, 1.82) is 5.26 Å². The summed E-state index contributed by atoms with van der Waals surface area (Å²) < 4.78 is 2.12. The number of aryl methyl sites for hydroxylation is 1. The van der Waals surface area contributed by atoms with Crippen molar-refractivity contribution in [3.8, 4) is 6.07 Å². The highest BCUT2D eigenvalue weighted by Crippen LogP contribution is 2.40. The van der Waals surface area contributed by atoms with Crippen molar-refractivity contribution in [2.75, 3.05) is 11.4 Å². The van der Waals surface area contributed by atoms with Gasteiger partial charge in [-0.2, -0.15) is 5.26 Å². The van der Waals surface area contributed by atoms with Crippen molar-refractivity contribution in [3.05, 3.63) is 82.9 Å². The van der Waals surface area contributed by atoms with E-state index in [1.54, 1.807) is 6.20 Å². The molecule has 2 aliphatic heterocycles. The topological polar surface area (TPSA) is 44.9 Å². The van der Waals surface area contributed by atoms with Gasteiger partial charge in [-0.3, -0.25) is 0 Å². The van der Waals surface area contributed by atoms with Gasteiger partial charge in [-0.05, 0) is 47.2 Å². The smallest absolute Gasteiger partial charge is 0.0991 e. The third kappa shape index (κ3) is 2.65. The van der Waals surface area contributed by atoms with Crippen LogP contribution in [0.1, 0.15) is 40.3 Å². The number of hydrogen-bond donors (Lipinski definition) is 0. The maximum atomic E-state index is 9.33. The van der Waals surface area contributed by atoms with Crippen LogP contribution in [-0.2, 0) is 12.8 Å². The molecule has 2 aliphatic rings. The highest BCUT2D eigenvalue weighted by atomic mass is 32.1. The number of nitriles is 1. The fourth-order valence-corrected chi connectivity index (χ4v) is 4.66.